The molecule has 0 spiro atoms. The van der Waals surface area contributed by atoms with E-state index in [1.807, 2.05) is 36.4 Å². The first-order valence-corrected chi connectivity index (χ1v) is 5.53. The highest BCUT2D eigenvalue weighted by Crippen LogP contribution is 2.19. The Labute approximate surface area is 102 Å². The van der Waals surface area contributed by atoms with Crippen molar-refractivity contribution >= 4 is 5.69 Å². The van der Waals surface area contributed by atoms with E-state index in [2.05, 4.69) is 23.1 Å². The van der Waals surface area contributed by atoms with Gasteiger partial charge in [-0.15, -0.1) is 6.42 Å². The fourth-order valence-electron chi connectivity index (χ4n) is 1.68. The number of terminal acetylenes is 1. The molecule has 84 valence electrons. The first-order valence-electron chi connectivity index (χ1n) is 5.53. The van der Waals surface area contributed by atoms with Crippen LogP contribution in [0.3, 0.4) is 0 Å². The number of benzene rings is 1. The topological polar surface area (TPSA) is 24.9 Å². The Bertz CT molecular complexity index is 526. The maximum absolute atomic E-state index is 5.37. The van der Waals surface area contributed by atoms with Crippen molar-refractivity contribution < 1.29 is 0 Å². The first kappa shape index (κ1) is 11.2. The van der Waals surface area contributed by atoms with Crippen molar-refractivity contribution in [1.29, 1.82) is 0 Å². The zero-order valence-electron chi connectivity index (χ0n) is 9.72. The summed E-state index contributed by atoms with van der Waals surface area (Å²) in [5.74, 6) is 2.63. The zero-order chi connectivity index (χ0) is 12.1. The van der Waals surface area contributed by atoms with Gasteiger partial charge in [-0.1, -0.05) is 12.0 Å². The van der Waals surface area contributed by atoms with E-state index >= 15 is 0 Å². The monoisotopic (exact) mass is 222 g/mol. The Balaban J connectivity index is 2.13. The van der Waals surface area contributed by atoms with Crippen molar-refractivity contribution in [2.24, 2.45) is 0 Å². The number of pyridine rings is 1. The van der Waals surface area contributed by atoms with Gasteiger partial charge in [-0.2, -0.15) is 0 Å². The highest BCUT2D eigenvalue weighted by atomic mass is 14.9. The molecule has 0 aliphatic carbocycles. The van der Waals surface area contributed by atoms with Crippen LogP contribution in [0.5, 0.6) is 0 Å². The number of hydrogen-bond acceptors (Lipinski definition) is 2. The van der Waals surface area contributed by atoms with E-state index in [0.717, 1.165) is 11.3 Å². The number of anilines is 1. The third-order valence-corrected chi connectivity index (χ3v) is 2.62. The van der Waals surface area contributed by atoms with E-state index in [0.29, 0.717) is 0 Å². The molecule has 1 atom stereocenters. The summed E-state index contributed by atoms with van der Waals surface area (Å²) in [6.07, 6.45) is 8.97. The molecule has 1 N–H and O–H groups in total. The molecule has 1 heterocycles. The minimum Gasteiger partial charge on any atom is -0.378 e. The third kappa shape index (κ3) is 2.85. The average Bonchev–Trinajstić information content (AvgIpc) is 2.40. The minimum absolute atomic E-state index is 0.228. The Morgan fingerprint density at radius 1 is 1.24 bits per heavy atom. The predicted molar refractivity (Wildman–Crippen MR) is 70.7 cm³/mol. The van der Waals surface area contributed by atoms with E-state index < -0.39 is 0 Å². The van der Waals surface area contributed by atoms with Gasteiger partial charge in [0.2, 0.25) is 0 Å². The standard InChI is InChI=1S/C15H14N2/c1-3-13-5-4-6-15(11-13)17-12(2)14-7-9-16-10-8-14/h1,4-12,17H,2H3. The van der Waals surface area contributed by atoms with Gasteiger partial charge in [0.05, 0.1) is 0 Å². The van der Waals surface area contributed by atoms with E-state index in [-0.39, 0.29) is 6.04 Å². The lowest BCUT2D eigenvalue weighted by Gasteiger charge is -2.15. The average molecular weight is 222 g/mol. The van der Waals surface area contributed by atoms with Crippen molar-refractivity contribution in [2.75, 3.05) is 5.32 Å². The molecule has 0 fully saturated rings. The molecule has 0 bridgehead atoms. The normalized spacial score (nSPS) is 11.5. The molecule has 1 aromatic heterocycles. The molecule has 0 saturated carbocycles. The van der Waals surface area contributed by atoms with Gasteiger partial charge in [-0.05, 0) is 42.8 Å². The van der Waals surface area contributed by atoms with Crippen LogP contribution in [0, 0.1) is 12.3 Å². The molecule has 1 aromatic carbocycles. The smallest absolute Gasteiger partial charge is 0.0486 e. The number of rotatable bonds is 3. The minimum atomic E-state index is 0.228. The summed E-state index contributed by atoms with van der Waals surface area (Å²) < 4.78 is 0. The summed E-state index contributed by atoms with van der Waals surface area (Å²) in [6.45, 7) is 2.11. The molecule has 2 rings (SSSR count). The molecule has 2 heteroatoms. The molecule has 0 saturated heterocycles. The van der Waals surface area contributed by atoms with Crippen LogP contribution in [-0.2, 0) is 0 Å². The lowest BCUT2D eigenvalue weighted by atomic mass is 10.1. The lowest BCUT2D eigenvalue weighted by molar-refractivity contribution is 0.881. The van der Waals surface area contributed by atoms with Crippen molar-refractivity contribution in [2.45, 2.75) is 13.0 Å². The van der Waals surface area contributed by atoms with Crippen molar-refractivity contribution in [3.05, 3.63) is 59.9 Å². The second kappa shape index (κ2) is 5.18. The van der Waals surface area contributed by atoms with Gasteiger partial charge in [0, 0.05) is 29.7 Å². The fraction of sp³-hybridized carbons (Fsp3) is 0.133. The summed E-state index contributed by atoms with van der Waals surface area (Å²) in [4.78, 5) is 4.01. The molecule has 2 nitrogen and oxygen atoms in total. The van der Waals surface area contributed by atoms with Crippen molar-refractivity contribution in [3.8, 4) is 12.3 Å². The first-order chi connectivity index (χ1) is 8.29. The van der Waals surface area contributed by atoms with Gasteiger partial charge in [0.25, 0.3) is 0 Å². The summed E-state index contributed by atoms with van der Waals surface area (Å²) in [7, 11) is 0. The second-order valence-corrected chi connectivity index (χ2v) is 3.87. The van der Waals surface area contributed by atoms with Crippen molar-refractivity contribution in [1.82, 2.24) is 4.98 Å². The van der Waals surface area contributed by atoms with Crippen LogP contribution in [0.1, 0.15) is 24.1 Å². The summed E-state index contributed by atoms with van der Waals surface area (Å²) in [5.41, 5.74) is 3.12. The summed E-state index contributed by atoms with van der Waals surface area (Å²) in [6, 6.07) is 12.1. The van der Waals surface area contributed by atoms with Gasteiger partial charge in [0.1, 0.15) is 0 Å². The van der Waals surface area contributed by atoms with Crippen LogP contribution in [0.15, 0.2) is 48.8 Å². The number of aromatic nitrogens is 1. The van der Waals surface area contributed by atoms with Crippen LogP contribution >= 0.6 is 0 Å². The van der Waals surface area contributed by atoms with E-state index in [1.54, 1.807) is 12.4 Å². The molecule has 0 aliphatic rings. The van der Waals surface area contributed by atoms with Crippen LogP contribution in [0.2, 0.25) is 0 Å². The molecular formula is C15H14N2. The van der Waals surface area contributed by atoms with Gasteiger partial charge in [-0.3, -0.25) is 4.98 Å². The second-order valence-electron chi connectivity index (χ2n) is 3.87. The lowest BCUT2D eigenvalue weighted by Crippen LogP contribution is -2.06. The number of nitrogens with zero attached hydrogens (tertiary/aromatic N) is 1. The van der Waals surface area contributed by atoms with Gasteiger partial charge in [0.15, 0.2) is 0 Å². The Kier molecular flexibility index (Phi) is 3.42. The summed E-state index contributed by atoms with van der Waals surface area (Å²) >= 11 is 0. The number of hydrogen-bond donors (Lipinski definition) is 1. The van der Waals surface area contributed by atoms with Crippen LogP contribution in [-0.4, -0.2) is 4.98 Å². The SMILES string of the molecule is C#Cc1cccc(NC(C)c2ccncc2)c1. The Hall–Kier alpha value is -2.27. The van der Waals surface area contributed by atoms with Crippen LogP contribution in [0.4, 0.5) is 5.69 Å². The van der Waals surface area contributed by atoms with E-state index in [4.69, 9.17) is 6.42 Å². The molecule has 1 unspecified atom stereocenters. The molecule has 0 aliphatic heterocycles. The highest BCUT2D eigenvalue weighted by molar-refractivity contribution is 5.51. The van der Waals surface area contributed by atoms with E-state index in [1.165, 1.54) is 5.56 Å². The van der Waals surface area contributed by atoms with Crippen molar-refractivity contribution in [3.63, 3.8) is 0 Å². The molecular weight excluding hydrogens is 208 g/mol. The quantitative estimate of drug-likeness (QED) is 0.806. The third-order valence-electron chi connectivity index (χ3n) is 2.62. The Morgan fingerprint density at radius 3 is 2.71 bits per heavy atom. The maximum atomic E-state index is 5.37. The molecule has 0 radical (unpaired) electrons. The van der Waals surface area contributed by atoms with Gasteiger partial charge in [-0.25, -0.2) is 0 Å². The van der Waals surface area contributed by atoms with Crippen LogP contribution < -0.4 is 5.32 Å². The Morgan fingerprint density at radius 2 is 2.00 bits per heavy atom. The highest BCUT2D eigenvalue weighted by Gasteiger charge is 2.04. The molecule has 0 amide bonds. The molecule has 2 aromatic rings. The predicted octanol–water partition coefficient (Wildman–Crippen LogP) is 3.24. The zero-order valence-corrected chi connectivity index (χ0v) is 9.72. The van der Waals surface area contributed by atoms with Gasteiger partial charge < -0.3 is 5.32 Å². The largest absolute Gasteiger partial charge is 0.378 e. The van der Waals surface area contributed by atoms with E-state index in [9.17, 15) is 0 Å². The molecule has 17 heavy (non-hydrogen) atoms. The van der Waals surface area contributed by atoms with Gasteiger partial charge >= 0.3 is 0 Å². The summed E-state index contributed by atoms with van der Waals surface area (Å²) in [5, 5.41) is 3.41. The number of nitrogens with one attached hydrogen (secondary N) is 1. The fourth-order valence-corrected chi connectivity index (χ4v) is 1.68. The van der Waals surface area contributed by atoms with Crippen LogP contribution in [0.25, 0.3) is 0 Å². The maximum Gasteiger partial charge on any atom is 0.0486 e.